The molecule has 3 aromatic rings. The number of anilines is 1. The Balaban J connectivity index is 1.68. The van der Waals surface area contributed by atoms with Gasteiger partial charge in [0.1, 0.15) is 11.6 Å². The number of rotatable bonds is 4. The van der Waals surface area contributed by atoms with Crippen molar-refractivity contribution in [3.8, 4) is 5.75 Å². The van der Waals surface area contributed by atoms with Gasteiger partial charge in [-0.05, 0) is 42.0 Å². The summed E-state index contributed by atoms with van der Waals surface area (Å²) in [4.78, 5) is 16.2. The maximum absolute atomic E-state index is 13.1. The number of aromatic nitrogens is 1. The predicted molar refractivity (Wildman–Crippen MR) is 90.2 cm³/mol. The minimum Gasteiger partial charge on any atom is -0.497 e. The van der Waals surface area contributed by atoms with E-state index in [9.17, 15) is 9.18 Å². The topological polar surface area (TPSA) is 51.2 Å². The second-order valence-electron chi connectivity index (χ2n) is 4.73. The zero-order valence-corrected chi connectivity index (χ0v) is 13.1. The molecule has 23 heavy (non-hydrogen) atoms. The highest BCUT2D eigenvalue weighted by molar-refractivity contribution is 7.22. The fourth-order valence-electron chi connectivity index (χ4n) is 1.99. The van der Waals surface area contributed by atoms with Crippen molar-refractivity contribution in [1.29, 1.82) is 0 Å². The number of hydrogen-bond donors (Lipinski definition) is 1. The molecule has 0 spiro atoms. The molecule has 0 unspecified atom stereocenters. The van der Waals surface area contributed by atoms with Crippen LogP contribution in [0.1, 0.15) is 5.56 Å². The number of benzene rings is 2. The van der Waals surface area contributed by atoms with Crippen LogP contribution >= 0.6 is 11.3 Å². The minimum atomic E-state index is -0.321. The summed E-state index contributed by atoms with van der Waals surface area (Å²) < 4.78 is 18.9. The highest BCUT2D eigenvalue weighted by atomic mass is 32.1. The molecule has 116 valence electrons. The lowest BCUT2D eigenvalue weighted by Crippen LogP contribution is -2.07. The maximum atomic E-state index is 13.1. The Kier molecular flexibility index (Phi) is 4.34. The van der Waals surface area contributed by atoms with E-state index in [0.717, 1.165) is 11.3 Å². The highest BCUT2D eigenvalue weighted by Gasteiger charge is 2.06. The van der Waals surface area contributed by atoms with Crippen LogP contribution in [0.25, 0.3) is 16.3 Å². The van der Waals surface area contributed by atoms with E-state index in [1.165, 1.54) is 29.5 Å². The first kappa shape index (κ1) is 15.2. The molecule has 0 aliphatic carbocycles. The van der Waals surface area contributed by atoms with Gasteiger partial charge in [0.05, 0.1) is 17.3 Å². The minimum absolute atomic E-state index is 0.291. The van der Waals surface area contributed by atoms with Crippen LogP contribution in [0.5, 0.6) is 5.75 Å². The van der Waals surface area contributed by atoms with E-state index in [2.05, 4.69) is 10.3 Å². The van der Waals surface area contributed by atoms with Crippen molar-refractivity contribution in [3.05, 3.63) is 59.9 Å². The monoisotopic (exact) mass is 328 g/mol. The van der Waals surface area contributed by atoms with Crippen LogP contribution in [0.15, 0.2) is 48.5 Å². The molecule has 2 aromatic carbocycles. The zero-order valence-electron chi connectivity index (χ0n) is 12.2. The van der Waals surface area contributed by atoms with Crippen LogP contribution in [-0.2, 0) is 4.79 Å². The lowest BCUT2D eigenvalue weighted by molar-refractivity contribution is -0.111. The number of carbonyl (C=O) groups excluding carboxylic acids is 1. The van der Waals surface area contributed by atoms with E-state index in [4.69, 9.17) is 4.74 Å². The van der Waals surface area contributed by atoms with Gasteiger partial charge in [-0.3, -0.25) is 10.1 Å². The Bertz CT molecular complexity index is 872. The van der Waals surface area contributed by atoms with Gasteiger partial charge in [0.2, 0.25) is 5.91 Å². The van der Waals surface area contributed by atoms with Crippen molar-refractivity contribution in [2.75, 3.05) is 12.4 Å². The van der Waals surface area contributed by atoms with Gasteiger partial charge in [-0.15, -0.1) is 0 Å². The van der Waals surface area contributed by atoms with Crippen molar-refractivity contribution in [2.24, 2.45) is 0 Å². The first-order valence-corrected chi connectivity index (χ1v) is 7.65. The summed E-state index contributed by atoms with van der Waals surface area (Å²) in [6, 6.07) is 11.7. The van der Waals surface area contributed by atoms with Crippen LogP contribution in [0.4, 0.5) is 9.52 Å². The average Bonchev–Trinajstić information content (AvgIpc) is 2.94. The molecule has 6 heteroatoms. The molecular formula is C17H13FN2O2S. The number of fused-ring (bicyclic) bond motifs is 1. The van der Waals surface area contributed by atoms with Crippen LogP contribution in [0.3, 0.4) is 0 Å². The second kappa shape index (κ2) is 6.58. The molecule has 1 aromatic heterocycles. The molecule has 0 fully saturated rings. The summed E-state index contributed by atoms with van der Waals surface area (Å²) in [7, 11) is 1.60. The number of halogens is 1. The normalized spacial score (nSPS) is 11.0. The Morgan fingerprint density at radius 1 is 1.26 bits per heavy atom. The molecule has 1 N–H and O–H groups in total. The molecule has 0 bridgehead atoms. The molecule has 3 rings (SSSR count). The first-order chi connectivity index (χ1) is 11.1. The van der Waals surface area contributed by atoms with Gasteiger partial charge in [-0.2, -0.15) is 0 Å². The van der Waals surface area contributed by atoms with E-state index < -0.39 is 0 Å². The van der Waals surface area contributed by atoms with E-state index in [-0.39, 0.29) is 11.7 Å². The van der Waals surface area contributed by atoms with Crippen molar-refractivity contribution < 1.29 is 13.9 Å². The van der Waals surface area contributed by atoms with Crippen molar-refractivity contribution >= 4 is 38.7 Å². The van der Waals surface area contributed by atoms with Crippen LogP contribution in [-0.4, -0.2) is 18.0 Å². The largest absolute Gasteiger partial charge is 0.497 e. The van der Waals surface area contributed by atoms with Crippen molar-refractivity contribution in [3.63, 3.8) is 0 Å². The zero-order chi connectivity index (χ0) is 16.2. The molecule has 0 aliphatic heterocycles. The fraction of sp³-hybridized carbons (Fsp3) is 0.0588. The molecule has 0 saturated heterocycles. The number of nitrogens with one attached hydrogen (secondary N) is 1. The summed E-state index contributed by atoms with van der Waals surface area (Å²) in [6.07, 6.45) is 3.12. The molecule has 1 heterocycles. The van der Waals surface area contributed by atoms with Gasteiger partial charge in [-0.25, -0.2) is 9.37 Å². The van der Waals surface area contributed by atoms with Gasteiger partial charge in [0.15, 0.2) is 5.13 Å². The highest BCUT2D eigenvalue weighted by Crippen LogP contribution is 2.26. The molecule has 0 aliphatic rings. The molecule has 0 radical (unpaired) electrons. The summed E-state index contributed by atoms with van der Waals surface area (Å²) in [5.41, 5.74) is 1.54. The Morgan fingerprint density at radius 2 is 2.04 bits per heavy atom. The van der Waals surface area contributed by atoms with E-state index in [1.807, 2.05) is 24.3 Å². The van der Waals surface area contributed by atoms with Gasteiger partial charge in [0, 0.05) is 6.08 Å². The number of hydrogen-bond acceptors (Lipinski definition) is 4. The van der Waals surface area contributed by atoms with E-state index in [1.54, 1.807) is 19.3 Å². The average molecular weight is 328 g/mol. The third-order valence-corrected chi connectivity index (χ3v) is 4.06. The quantitative estimate of drug-likeness (QED) is 0.734. The number of amides is 1. The Hall–Kier alpha value is -2.73. The van der Waals surface area contributed by atoms with Crippen LogP contribution in [0, 0.1) is 5.82 Å². The van der Waals surface area contributed by atoms with Gasteiger partial charge in [0.25, 0.3) is 0 Å². The Labute approximate surface area is 136 Å². The van der Waals surface area contributed by atoms with Crippen molar-refractivity contribution in [1.82, 2.24) is 4.98 Å². The number of thiazole rings is 1. The van der Waals surface area contributed by atoms with Crippen molar-refractivity contribution in [2.45, 2.75) is 0 Å². The SMILES string of the molecule is COc1ccc(/C=C/C(=O)Nc2nc3ccc(F)cc3s2)cc1. The predicted octanol–water partition coefficient (Wildman–Crippen LogP) is 4.10. The Morgan fingerprint density at radius 3 is 2.78 bits per heavy atom. The number of ether oxygens (including phenoxy) is 1. The molecule has 0 atom stereocenters. The maximum Gasteiger partial charge on any atom is 0.250 e. The van der Waals surface area contributed by atoms with E-state index >= 15 is 0 Å². The first-order valence-electron chi connectivity index (χ1n) is 6.83. The standard InChI is InChI=1S/C17H13FN2O2S/c1-22-13-6-2-11(3-7-13)4-9-16(21)20-17-19-14-8-5-12(18)10-15(14)23-17/h2-10H,1H3,(H,19,20,21)/b9-4+. The summed E-state index contributed by atoms with van der Waals surface area (Å²) >= 11 is 1.23. The summed E-state index contributed by atoms with van der Waals surface area (Å²) in [5, 5.41) is 3.12. The number of nitrogens with zero attached hydrogens (tertiary/aromatic N) is 1. The summed E-state index contributed by atoms with van der Waals surface area (Å²) in [5.74, 6) is 0.145. The molecular weight excluding hydrogens is 315 g/mol. The molecule has 4 nitrogen and oxygen atoms in total. The van der Waals surface area contributed by atoms with Crippen LogP contribution < -0.4 is 10.1 Å². The van der Waals surface area contributed by atoms with Gasteiger partial charge in [-0.1, -0.05) is 23.5 Å². The molecule has 1 amide bonds. The van der Waals surface area contributed by atoms with E-state index in [0.29, 0.717) is 15.3 Å². The van der Waals surface area contributed by atoms with Gasteiger partial charge >= 0.3 is 0 Å². The van der Waals surface area contributed by atoms with Gasteiger partial charge < -0.3 is 4.74 Å². The summed E-state index contributed by atoms with van der Waals surface area (Å²) in [6.45, 7) is 0. The fourth-order valence-corrected chi connectivity index (χ4v) is 2.88. The second-order valence-corrected chi connectivity index (χ2v) is 5.76. The van der Waals surface area contributed by atoms with Crippen LogP contribution in [0.2, 0.25) is 0 Å². The third kappa shape index (κ3) is 3.73. The smallest absolute Gasteiger partial charge is 0.250 e. The lowest BCUT2D eigenvalue weighted by Gasteiger charge is -1.99. The lowest BCUT2D eigenvalue weighted by atomic mass is 10.2. The number of carbonyl (C=O) groups is 1. The third-order valence-electron chi connectivity index (χ3n) is 3.12. The molecule has 0 saturated carbocycles. The number of methoxy groups -OCH3 is 1.